The summed E-state index contributed by atoms with van der Waals surface area (Å²) in [4.78, 5) is 2.25. The van der Waals surface area contributed by atoms with Crippen LogP contribution in [0.25, 0.3) is 0 Å². The van der Waals surface area contributed by atoms with Gasteiger partial charge in [0.15, 0.2) is 0 Å². The van der Waals surface area contributed by atoms with Crippen molar-refractivity contribution in [3.05, 3.63) is 27.7 Å². The van der Waals surface area contributed by atoms with Crippen LogP contribution in [0.3, 0.4) is 0 Å². The Kier molecular flexibility index (Phi) is 3.63. The highest BCUT2D eigenvalue weighted by Crippen LogP contribution is 2.38. The van der Waals surface area contributed by atoms with Gasteiger partial charge in [-0.2, -0.15) is 0 Å². The van der Waals surface area contributed by atoms with Gasteiger partial charge < -0.3 is 10.6 Å². The van der Waals surface area contributed by atoms with E-state index in [0.29, 0.717) is 5.92 Å². The van der Waals surface area contributed by atoms with E-state index in [9.17, 15) is 0 Å². The van der Waals surface area contributed by atoms with Gasteiger partial charge in [-0.05, 0) is 37.4 Å². The largest absolute Gasteiger partial charge is 0.369 e. The molecule has 16 heavy (non-hydrogen) atoms. The summed E-state index contributed by atoms with van der Waals surface area (Å²) >= 11 is 12.5. The highest BCUT2D eigenvalue weighted by molar-refractivity contribution is 6.39. The quantitative estimate of drug-likeness (QED) is 0.884. The Morgan fingerprint density at radius 1 is 1.44 bits per heavy atom. The maximum atomic E-state index is 6.31. The van der Waals surface area contributed by atoms with Crippen LogP contribution in [0, 0.1) is 12.8 Å². The van der Waals surface area contributed by atoms with Gasteiger partial charge in [-0.25, -0.2) is 0 Å². The molecule has 1 aromatic carbocycles. The molecule has 1 aliphatic rings. The standard InChI is InChI=1S/C12H16Cl2N2/c1-8-2-3-10(13)12(11(8)14)16-5-4-9(6-15)7-16/h2-3,9H,4-7,15H2,1H3. The van der Waals surface area contributed by atoms with E-state index in [0.717, 1.165) is 47.4 Å². The summed E-state index contributed by atoms with van der Waals surface area (Å²) < 4.78 is 0. The van der Waals surface area contributed by atoms with Crippen molar-refractivity contribution in [3.8, 4) is 0 Å². The molecule has 1 saturated heterocycles. The van der Waals surface area contributed by atoms with Gasteiger partial charge in [0.1, 0.15) is 0 Å². The van der Waals surface area contributed by atoms with Gasteiger partial charge in [0.2, 0.25) is 0 Å². The second-order valence-corrected chi connectivity index (χ2v) is 5.15. The lowest BCUT2D eigenvalue weighted by Crippen LogP contribution is -2.23. The molecule has 1 heterocycles. The number of hydrogen-bond donors (Lipinski definition) is 1. The van der Waals surface area contributed by atoms with Crippen molar-refractivity contribution in [2.24, 2.45) is 11.7 Å². The van der Waals surface area contributed by atoms with Crippen LogP contribution in [0.5, 0.6) is 0 Å². The predicted molar refractivity (Wildman–Crippen MR) is 70.6 cm³/mol. The predicted octanol–water partition coefficient (Wildman–Crippen LogP) is 3.09. The lowest BCUT2D eigenvalue weighted by atomic mass is 10.1. The van der Waals surface area contributed by atoms with Crippen LogP contribution in [0.4, 0.5) is 5.69 Å². The molecule has 1 atom stereocenters. The average molecular weight is 259 g/mol. The van der Waals surface area contributed by atoms with Gasteiger partial charge >= 0.3 is 0 Å². The number of hydrogen-bond acceptors (Lipinski definition) is 2. The molecule has 1 aromatic rings. The van der Waals surface area contributed by atoms with E-state index < -0.39 is 0 Å². The van der Waals surface area contributed by atoms with Crippen LogP contribution in [-0.4, -0.2) is 19.6 Å². The molecule has 88 valence electrons. The molecule has 0 amide bonds. The summed E-state index contributed by atoms with van der Waals surface area (Å²) in [7, 11) is 0. The first-order valence-corrected chi connectivity index (χ1v) is 6.28. The third-order valence-corrected chi connectivity index (χ3v) is 3.98. The van der Waals surface area contributed by atoms with Crippen LogP contribution >= 0.6 is 23.2 Å². The van der Waals surface area contributed by atoms with Gasteiger partial charge in [0.05, 0.1) is 15.7 Å². The number of anilines is 1. The maximum Gasteiger partial charge on any atom is 0.0747 e. The molecule has 0 spiro atoms. The van der Waals surface area contributed by atoms with Crippen LogP contribution in [0.15, 0.2) is 12.1 Å². The van der Waals surface area contributed by atoms with E-state index >= 15 is 0 Å². The number of nitrogens with two attached hydrogens (primary N) is 1. The molecule has 0 aliphatic carbocycles. The Labute approximate surface area is 106 Å². The molecule has 2 nitrogen and oxygen atoms in total. The minimum atomic E-state index is 0.563. The SMILES string of the molecule is Cc1ccc(Cl)c(N2CCC(CN)C2)c1Cl. The summed E-state index contributed by atoms with van der Waals surface area (Å²) in [5.74, 6) is 0.563. The summed E-state index contributed by atoms with van der Waals surface area (Å²) in [6, 6.07) is 3.86. The number of halogens is 2. The molecule has 1 unspecified atom stereocenters. The fourth-order valence-electron chi connectivity index (χ4n) is 2.16. The fourth-order valence-corrected chi connectivity index (χ4v) is 2.77. The first-order chi connectivity index (χ1) is 7.63. The molecular formula is C12H16Cl2N2. The highest BCUT2D eigenvalue weighted by atomic mass is 35.5. The van der Waals surface area contributed by atoms with Crippen LogP contribution in [0.2, 0.25) is 10.0 Å². The smallest absolute Gasteiger partial charge is 0.0747 e. The molecule has 1 aliphatic heterocycles. The number of aryl methyl sites for hydroxylation is 1. The second kappa shape index (κ2) is 4.82. The number of benzene rings is 1. The molecule has 0 bridgehead atoms. The van der Waals surface area contributed by atoms with E-state index in [1.807, 2.05) is 19.1 Å². The molecule has 0 aromatic heterocycles. The molecule has 0 radical (unpaired) electrons. The fraction of sp³-hybridized carbons (Fsp3) is 0.500. The van der Waals surface area contributed by atoms with Crippen LogP contribution in [-0.2, 0) is 0 Å². The highest BCUT2D eigenvalue weighted by Gasteiger charge is 2.25. The van der Waals surface area contributed by atoms with E-state index in [1.165, 1.54) is 0 Å². The van der Waals surface area contributed by atoms with E-state index in [1.54, 1.807) is 0 Å². The van der Waals surface area contributed by atoms with E-state index in [-0.39, 0.29) is 0 Å². The van der Waals surface area contributed by atoms with E-state index in [4.69, 9.17) is 28.9 Å². The van der Waals surface area contributed by atoms with E-state index in [2.05, 4.69) is 4.90 Å². The zero-order valence-corrected chi connectivity index (χ0v) is 10.9. The van der Waals surface area contributed by atoms with Gasteiger partial charge in [0, 0.05) is 13.1 Å². The van der Waals surface area contributed by atoms with Crippen molar-refractivity contribution in [2.45, 2.75) is 13.3 Å². The topological polar surface area (TPSA) is 29.3 Å². The lowest BCUT2D eigenvalue weighted by Gasteiger charge is -2.22. The zero-order valence-electron chi connectivity index (χ0n) is 9.34. The third-order valence-electron chi connectivity index (χ3n) is 3.20. The maximum absolute atomic E-state index is 6.31. The zero-order chi connectivity index (χ0) is 11.7. The van der Waals surface area contributed by atoms with Gasteiger partial charge in [-0.3, -0.25) is 0 Å². The summed E-state index contributed by atoms with van der Waals surface area (Å²) in [5.41, 5.74) is 7.73. The Bertz CT molecular complexity index is 393. The molecule has 0 saturated carbocycles. The van der Waals surface area contributed by atoms with Crippen molar-refractivity contribution in [2.75, 3.05) is 24.5 Å². The minimum Gasteiger partial charge on any atom is -0.369 e. The monoisotopic (exact) mass is 258 g/mol. The molecule has 2 N–H and O–H groups in total. The Hall–Kier alpha value is -0.440. The summed E-state index contributed by atoms with van der Waals surface area (Å²) in [5, 5.41) is 1.50. The minimum absolute atomic E-state index is 0.563. The summed E-state index contributed by atoms with van der Waals surface area (Å²) in [6.07, 6.45) is 1.12. The number of nitrogens with zero attached hydrogens (tertiary/aromatic N) is 1. The van der Waals surface area contributed by atoms with Gasteiger partial charge in [-0.15, -0.1) is 0 Å². The van der Waals surface area contributed by atoms with Gasteiger partial charge in [-0.1, -0.05) is 29.3 Å². The average Bonchev–Trinajstić information content (AvgIpc) is 2.73. The Morgan fingerprint density at radius 2 is 2.19 bits per heavy atom. The van der Waals surface area contributed by atoms with Crippen molar-refractivity contribution in [1.82, 2.24) is 0 Å². The second-order valence-electron chi connectivity index (χ2n) is 4.36. The molecular weight excluding hydrogens is 243 g/mol. The Morgan fingerprint density at radius 3 is 2.81 bits per heavy atom. The molecule has 4 heteroatoms. The number of rotatable bonds is 2. The van der Waals surface area contributed by atoms with Crippen LogP contribution in [0.1, 0.15) is 12.0 Å². The third kappa shape index (κ3) is 2.15. The van der Waals surface area contributed by atoms with Crippen molar-refractivity contribution >= 4 is 28.9 Å². The Balaban J connectivity index is 2.30. The van der Waals surface area contributed by atoms with Crippen molar-refractivity contribution < 1.29 is 0 Å². The summed E-state index contributed by atoms with van der Waals surface area (Å²) in [6.45, 7) is 4.68. The molecule has 2 rings (SSSR count). The lowest BCUT2D eigenvalue weighted by molar-refractivity contribution is 0.602. The van der Waals surface area contributed by atoms with Crippen LogP contribution < -0.4 is 10.6 Å². The normalized spacial score (nSPS) is 20.5. The first kappa shape index (κ1) is 12.0. The molecule has 1 fully saturated rings. The van der Waals surface area contributed by atoms with Gasteiger partial charge in [0.25, 0.3) is 0 Å². The first-order valence-electron chi connectivity index (χ1n) is 5.53. The van der Waals surface area contributed by atoms with Crippen molar-refractivity contribution in [1.29, 1.82) is 0 Å². The van der Waals surface area contributed by atoms with Crippen molar-refractivity contribution in [3.63, 3.8) is 0 Å².